The van der Waals surface area contributed by atoms with E-state index in [4.69, 9.17) is 0 Å². The molecule has 0 aromatic heterocycles. The number of nitrogens with one attached hydrogen (secondary N) is 12. The topological polar surface area (TPSA) is 691 Å². The predicted octanol–water partition coefficient (Wildman–Crippen LogP) is -4.04. The van der Waals surface area contributed by atoms with Gasteiger partial charge in [-0.25, -0.2) is 0 Å². The van der Waals surface area contributed by atoms with Crippen molar-refractivity contribution in [3.8, 4) is 0 Å². The van der Waals surface area contributed by atoms with Crippen LogP contribution < -0.4 is 63.8 Å². The molecular formula is C53H96N16O26S4. The van der Waals surface area contributed by atoms with Gasteiger partial charge in [-0.3, -0.25) is 96.9 Å². The minimum absolute atomic E-state index is 0.00143. The zero-order valence-electron chi connectivity index (χ0n) is 53.4. The summed E-state index contributed by atoms with van der Waals surface area (Å²) in [5.74, 6) is -15.8. The third kappa shape index (κ3) is 19.8. The van der Waals surface area contributed by atoms with E-state index in [1.54, 1.807) is 0 Å². The van der Waals surface area contributed by atoms with Crippen molar-refractivity contribution in [2.75, 3.05) is 26.3 Å². The molecule has 46 heteroatoms. The fraction of sp³-hybridized carbons (Fsp3) is 0.906. The molecule has 9 rings (SSSR count). The molecule has 0 aromatic carbocycles. The largest absolute Gasteiger partial charge is 0.481 e. The standard InChI is InChI=1S/C53H96N16O26S4/c70-9-7-54-48-60-50(64-52(62-48)58-33-18-25(96(84,85)86)11-22-15-35(98(90,91)92)39(41(72)37(22)33)68-66-31-13-20(43(74)75)1-4-27(31)45(78)79)56-24-3-6-30(29(17-24)47(82)83)57-51-61-49(55-8-10-71)63-53(65-51)59-34-19-26(97(87,88)89)12-23-16-36(99(93,94)95)40(42(73)38(23)34)69-67-32-14-21(44(76)77)2-5-28(32)46(80)81/h20-42,48-65,70-73,90-95H,1-19H2,(H,74,75)(H,76,77)(H,78,79)(H,80,81)(H,82,83)(H,84,85,86)(H,87,88,89). The summed E-state index contributed by atoms with van der Waals surface area (Å²) in [6.45, 7) is -0.672. The van der Waals surface area contributed by atoms with E-state index in [0.717, 1.165) is 0 Å². The quantitative estimate of drug-likeness (QED) is 0.0275. The van der Waals surface area contributed by atoms with Crippen LogP contribution in [0, 0.1) is 53.3 Å². The number of azo groups is 2. The Morgan fingerprint density at radius 3 is 1.10 bits per heavy atom. The molecular weight excluding hydrogens is 1400 g/mol. The van der Waals surface area contributed by atoms with Crippen LogP contribution in [0.3, 0.4) is 0 Å². The van der Waals surface area contributed by atoms with Gasteiger partial charge in [0.1, 0.15) is 49.8 Å². The number of hydrogen-bond donors (Lipinski definition) is 29. The van der Waals surface area contributed by atoms with E-state index < -0.39 is 251 Å². The molecule has 42 nitrogen and oxygen atoms in total. The zero-order chi connectivity index (χ0) is 72.4. The minimum atomic E-state index is -4.83. The summed E-state index contributed by atoms with van der Waals surface area (Å²) in [4.78, 5) is 61.8. The summed E-state index contributed by atoms with van der Waals surface area (Å²) < 4.78 is 137. The first kappa shape index (κ1) is 79.3. The van der Waals surface area contributed by atoms with E-state index >= 15 is 0 Å². The van der Waals surface area contributed by atoms with Gasteiger partial charge < -0.3 is 73.3 Å². The summed E-state index contributed by atoms with van der Waals surface area (Å²) in [6, 6.07) is -9.37. The molecule has 9 fully saturated rings. The van der Waals surface area contributed by atoms with E-state index in [0.29, 0.717) is 6.42 Å². The number of aliphatic hydroxyl groups is 4. The van der Waals surface area contributed by atoms with Gasteiger partial charge in [-0.1, -0.05) is 0 Å². The Morgan fingerprint density at radius 1 is 0.394 bits per heavy atom. The maximum atomic E-state index is 13.3. The van der Waals surface area contributed by atoms with Gasteiger partial charge >= 0.3 is 29.8 Å². The molecule has 29 N–H and O–H groups in total. The van der Waals surface area contributed by atoms with Gasteiger partial charge in [-0.05, 0) is 108 Å². The Balaban J connectivity index is 0.902. The Bertz CT molecular complexity index is 3120. The van der Waals surface area contributed by atoms with Crippen molar-refractivity contribution in [2.24, 2.45) is 73.7 Å². The van der Waals surface area contributed by atoms with Gasteiger partial charge in [-0.2, -0.15) is 37.3 Å². The number of nitrogens with zero attached hydrogens (tertiary/aromatic N) is 4. The second-order valence-corrected chi connectivity index (χ2v) is 34.5. The maximum absolute atomic E-state index is 13.3. The van der Waals surface area contributed by atoms with Gasteiger partial charge in [0.2, 0.25) is 0 Å². The lowest BCUT2D eigenvalue weighted by Gasteiger charge is -2.53. The molecule has 0 aromatic rings. The third-order valence-electron chi connectivity index (χ3n) is 21.5. The van der Waals surface area contributed by atoms with Gasteiger partial charge in [0.15, 0.2) is 0 Å². The summed E-state index contributed by atoms with van der Waals surface area (Å²) in [7, 11) is -18.9. The van der Waals surface area contributed by atoms with Gasteiger partial charge in [0, 0.05) is 49.1 Å². The van der Waals surface area contributed by atoms with Gasteiger partial charge in [0.25, 0.3) is 20.2 Å². The summed E-state index contributed by atoms with van der Waals surface area (Å²) >= 11 is 0. The van der Waals surface area contributed by atoms with Crippen molar-refractivity contribution in [1.29, 1.82) is 0 Å². The van der Waals surface area contributed by atoms with E-state index in [1.807, 2.05) is 0 Å². The molecule has 2 saturated heterocycles. The minimum Gasteiger partial charge on any atom is -0.481 e. The van der Waals surface area contributed by atoms with Gasteiger partial charge in [0.05, 0.1) is 110 Å². The van der Waals surface area contributed by atoms with Crippen LogP contribution >= 0.6 is 21.7 Å². The molecule has 568 valence electrons. The number of carbonyl (C=O) groups is 5. The molecule has 0 radical (unpaired) electrons. The lowest BCUT2D eigenvalue weighted by Crippen LogP contribution is -2.80. The average molecular weight is 1500 g/mol. The molecule has 2 aliphatic heterocycles. The Kier molecular flexibility index (Phi) is 26.5. The van der Waals surface area contributed by atoms with Crippen LogP contribution in [-0.2, 0) is 44.2 Å². The lowest BCUT2D eigenvalue weighted by molar-refractivity contribution is -0.149. The number of aliphatic hydroxyl groups excluding tert-OH is 4. The second-order valence-electron chi connectivity index (χ2n) is 27.6. The van der Waals surface area contributed by atoms with E-state index in [2.05, 4.69) is 84.3 Å². The molecule has 2 heterocycles. The predicted molar refractivity (Wildman–Crippen MR) is 344 cm³/mol. The van der Waals surface area contributed by atoms with Crippen molar-refractivity contribution in [1.82, 2.24) is 63.8 Å². The fourth-order valence-corrected chi connectivity index (χ4v) is 20.8. The Hall–Kier alpha value is -3.81. The molecule has 99 heavy (non-hydrogen) atoms. The van der Waals surface area contributed by atoms with Crippen molar-refractivity contribution < 1.29 is 123 Å². The SMILES string of the molecule is O=C(O)C1CCC(C(=O)O)C(N=NC2C(O)C3C(CC2S(O)(O)O)CC(S(=O)(=O)O)CC3NC2NC(NCCO)NC(NC3CCC(NC4NC(NCCO)NC(NC5CC(S(=O)(=O)O)CC6CC(S(O)(O)O)C(N=NC7CC(C(=O)O)CCC7C(=O)O)C(O)C65)N4)C(C(=O)O)C3)N2)C1. The average Bonchev–Trinajstić information content (AvgIpc) is 0.752. The van der Waals surface area contributed by atoms with Crippen LogP contribution in [0.5, 0.6) is 0 Å². The van der Waals surface area contributed by atoms with Crippen molar-refractivity contribution >= 4 is 71.8 Å². The highest BCUT2D eigenvalue weighted by Crippen LogP contribution is 2.56. The van der Waals surface area contributed by atoms with Crippen LogP contribution in [0.1, 0.15) is 96.3 Å². The summed E-state index contributed by atoms with van der Waals surface area (Å²) in [6.07, 6.45) is -11.7. The molecule has 7 saturated carbocycles. The fourth-order valence-electron chi connectivity index (χ4n) is 16.7. The molecule has 0 amide bonds. The Morgan fingerprint density at radius 2 is 0.758 bits per heavy atom. The second kappa shape index (κ2) is 33.1. The molecule has 0 spiro atoms. The number of aliphatic carboxylic acids is 5. The first-order valence-electron chi connectivity index (χ1n) is 32.9. The van der Waals surface area contributed by atoms with Crippen LogP contribution in [0.2, 0.25) is 0 Å². The van der Waals surface area contributed by atoms with Crippen LogP contribution in [-0.4, -0.2) is 275 Å². The van der Waals surface area contributed by atoms with Crippen LogP contribution in [0.4, 0.5) is 0 Å². The van der Waals surface area contributed by atoms with Crippen LogP contribution in [0.15, 0.2) is 20.5 Å². The first-order chi connectivity index (χ1) is 46.4. The molecule has 29 unspecified atom stereocenters. The molecule has 9 aliphatic rings. The number of fused-ring (bicyclic) bond motifs is 2. The van der Waals surface area contributed by atoms with Crippen molar-refractivity contribution in [2.45, 2.75) is 216 Å². The van der Waals surface area contributed by atoms with Crippen molar-refractivity contribution in [3.05, 3.63) is 0 Å². The van der Waals surface area contributed by atoms with E-state index in [-0.39, 0.29) is 110 Å². The van der Waals surface area contributed by atoms with E-state index in [1.165, 1.54) is 0 Å². The van der Waals surface area contributed by atoms with E-state index in [9.17, 15) is 123 Å². The number of carboxylic acids is 5. The summed E-state index contributed by atoms with van der Waals surface area (Å²) in [5, 5.41) is 143. The highest BCUT2D eigenvalue weighted by Gasteiger charge is 2.59. The zero-order valence-corrected chi connectivity index (χ0v) is 56.6. The lowest BCUT2D eigenvalue weighted by atomic mass is 9.65. The van der Waals surface area contributed by atoms with Crippen LogP contribution in [0.25, 0.3) is 0 Å². The summed E-state index contributed by atoms with van der Waals surface area (Å²) in [5.41, 5.74) is 0. The normalized spacial score (nSPS) is 42.4. The molecule has 29 atom stereocenters. The maximum Gasteiger partial charge on any atom is 0.308 e. The smallest absolute Gasteiger partial charge is 0.308 e. The molecule has 0 bridgehead atoms. The number of carboxylic acid groups (broad SMARTS) is 5. The highest BCUT2D eigenvalue weighted by molar-refractivity contribution is 8.20. The highest BCUT2D eigenvalue weighted by atomic mass is 32.3. The van der Waals surface area contributed by atoms with Crippen molar-refractivity contribution in [3.63, 3.8) is 0 Å². The Labute approximate surface area is 572 Å². The monoisotopic (exact) mass is 1500 g/mol. The number of rotatable bonds is 27. The first-order valence-corrected chi connectivity index (χ1v) is 39.1. The third-order valence-corrected chi connectivity index (χ3v) is 26.5. The number of hydrogen-bond acceptors (Lipinski definition) is 35. The van der Waals surface area contributed by atoms with Gasteiger partial charge in [-0.15, -0.1) is 0 Å². The molecule has 7 aliphatic carbocycles.